The van der Waals surface area contributed by atoms with E-state index in [2.05, 4.69) is 28.8 Å². The number of benzene rings is 1. The van der Waals surface area contributed by atoms with Crippen molar-refractivity contribution in [2.24, 2.45) is 4.99 Å². The molecule has 1 aliphatic rings. The molecule has 0 saturated heterocycles. The van der Waals surface area contributed by atoms with Crippen LogP contribution in [-0.4, -0.2) is 11.8 Å². The summed E-state index contributed by atoms with van der Waals surface area (Å²) < 4.78 is 28.8. The molecule has 0 aromatic heterocycles. The van der Waals surface area contributed by atoms with Gasteiger partial charge in [-0.25, -0.2) is 13.8 Å². The lowest BCUT2D eigenvalue weighted by atomic mass is 9.92. The molecule has 1 aliphatic carbocycles. The predicted octanol–water partition coefficient (Wildman–Crippen LogP) is 7.20. The summed E-state index contributed by atoms with van der Waals surface area (Å²) in [6.45, 7) is 11.3. The molecule has 1 fully saturated rings. The van der Waals surface area contributed by atoms with Gasteiger partial charge in [-0.15, -0.1) is 0 Å². The fraction of sp³-hybridized carbons (Fsp3) is 0.370. The van der Waals surface area contributed by atoms with E-state index in [0.29, 0.717) is 17.4 Å². The van der Waals surface area contributed by atoms with Gasteiger partial charge in [0.15, 0.2) is 0 Å². The normalized spacial score (nSPS) is 17.3. The van der Waals surface area contributed by atoms with Crippen molar-refractivity contribution in [1.82, 2.24) is 10.6 Å². The Hall–Kier alpha value is -2.95. The quantitative estimate of drug-likeness (QED) is 0.282. The third-order valence-electron chi connectivity index (χ3n) is 5.55. The summed E-state index contributed by atoms with van der Waals surface area (Å²) in [5.74, 6) is -0.402. The van der Waals surface area contributed by atoms with Crippen molar-refractivity contribution in [2.45, 2.75) is 64.3 Å². The fourth-order valence-corrected chi connectivity index (χ4v) is 3.87. The van der Waals surface area contributed by atoms with E-state index in [1.54, 1.807) is 25.3 Å². The van der Waals surface area contributed by atoms with Crippen LogP contribution >= 0.6 is 0 Å². The van der Waals surface area contributed by atoms with Crippen LogP contribution in [0.25, 0.3) is 0 Å². The Labute approximate surface area is 191 Å². The van der Waals surface area contributed by atoms with E-state index >= 15 is 4.39 Å². The Balaban J connectivity index is 2.44. The van der Waals surface area contributed by atoms with Crippen LogP contribution in [0.5, 0.6) is 0 Å². The lowest BCUT2D eigenvalue weighted by molar-refractivity contribution is 0.396. The first kappa shape index (κ1) is 25.3. The second-order valence-corrected chi connectivity index (χ2v) is 7.92. The Morgan fingerprint density at radius 1 is 1.28 bits per heavy atom. The number of hydrogen-bond acceptors (Lipinski definition) is 3. The summed E-state index contributed by atoms with van der Waals surface area (Å²) in [6.07, 6.45) is 14.7. The van der Waals surface area contributed by atoms with Crippen LogP contribution in [0.4, 0.5) is 8.78 Å². The highest BCUT2D eigenvalue weighted by atomic mass is 19.1. The van der Waals surface area contributed by atoms with Crippen LogP contribution in [0.15, 0.2) is 90.3 Å². The van der Waals surface area contributed by atoms with Crippen LogP contribution in [-0.2, 0) is 0 Å². The first-order chi connectivity index (χ1) is 15.5. The SMILES string of the molecule is C=CN/C=C\C(=C/C(CC)c1cccc(F)c1)C(=NC(=C)NC1CCCCC1)/C(F)=C\C. The second kappa shape index (κ2) is 13.5. The van der Waals surface area contributed by atoms with E-state index in [0.717, 1.165) is 24.8 Å². The summed E-state index contributed by atoms with van der Waals surface area (Å²) in [5.41, 5.74) is 1.60. The van der Waals surface area contributed by atoms with Crippen molar-refractivity contribution in [3.8, 4) is 0 Å². The zero-order valence-electron chi connectivity index (χ0n) is 19.2. The third-order valence-corrected chi connectivity index (χ3v) is 5.55. The molecule has 2 rings (SSSR count). The highest BCUT2D eigenvalue weighted by molar-refractivity contribution is 6.13. The molecular formula is C27H35F2N3. The van der Waals surface area contributed by atoms with Crippen molar-refractivity contribution in [3.05, 3.63) is 96.7 Å². The second-order valence-electron chi connectivity index (χ2n) is 7.92. The van der Waals surface area contributed by atoms with Crippen LogP contribution in [0, 0.1) is 5.82 Å². The Bertz CT molecular complexity index is 890. The molecule has 3 nitrogen and oxygen atoms in total. The summed E-state index contributed by atoms with van der Waals surface area (Å²) in [7, 11) is 0. The van der Waals surface area contributed by atoms with E-state index in [4.69, 9.17) is 0 Å². The van der Waals surface area contributed by atoms with Crippen molar-refractivity contribution >= 4 is 5.71 Å². The van der Waals surface area contributed by atoms with Crippen molar-refractivity contribution in [1.29, 1.82) is 0 Å². The minimum atomic E-state index is -0.444. The van der Waals surface area contributed by atoms with Gasteiger partial charge >= 0.3 is 0 Å². The van der Waals surface area contributed by atoms with E-state index in [1.165, 1.54) is 43.7 Å². The lowest BCUT2D eigenvalue weighted by Crippen LogP contribution is -2.29. The van der Waals surface area contributed by atoms with Crippen molar-refractivity contribution in [3.63, 3.8) is 0 Å². The Morgan fingerprint density at radius 3 is 2.66 bits per heavy atom. The van der Waals surface area contributed by atoms with Crippen LogP contribution < -0.4 is 10.6 Å². The van der Waals surface area contributed by atoms with Gasteiger partial charge in [0.2, 0.25) is 0 Å². The molecule has 0 radical (unpaired) electrons. The van der Waals surface area contributed by atoms with E-state index in [-0.39, 0.29) is 17.4 Å². The van der Waals surface area contributed by atoms with Gasteiger partial charge in [0, 0.05) is 23.7 Å². The number of hydrogen-bond donors (Lipinski definition) is 2. The van der Waals surface area contributed by atoms with Gasteiger partial charge in [-0.05, 0) is 62.2 Å². The highest BCUT2D eigenvalue weighted by Crippen LogP contribution is 2.26. The molecule has 1 aromatic carbocycles. The van der Waals surface area contributed by atoms with E-state index < -0.39 is 5.83 Å². The number of allylic oxidation sites excluding steroid dienone is 5. The molecule has 1 unspecified atom stereocenters. The molecule has 5 heteroatoms. The first-order valence-electron chi connectivity index (χ1n) is 11.4. The van der Waals surface area contributed by atoms with Crippen LogP contribution in [0.2, 0.25) is 0 Å². The van der Waals surface area contributed by atoms with Crippen LogP contribution in [0.1, 0.15) is 63.9 Å². The maximum Gasteiger partial charge on any atom is 0.145 e. The minimum absolute atomic E-state index is 0.108. The summed E-state index contributed by atoms with van der Waals surface area (Å²) >= 11 is 0. The average Bonchev–Trinajstić information content (AvgIpc) is 2.80. The molecule has 0 spiro atoms. The molecule has 0 heterocycles. The predicted molar refractivity (Wildman–Crippen MR) is 131 cm³/mol. The van der Waals surface area contributed by atoms with Gasteiger partial charge in [0.25, 0.3) is 0 Å². The molecule has 1 saturated carbocycles. The third kappa shape index (κ3) is 7.95. The molecule has 32 heavy (non-hydrogen) atoms. The van der Waals surface area contributed by atoms with Gasteiger partial charge in [0.1, 0.15) is 23.2 Å². The maximum absolute atomic E-state index is 15.0. The molecule has 2 N–H and O–H groups in total. The smallest absolute Gasteiger partial charge is 0.145 e. The van der Waals surface area contributed by atoms with Gasteiger partial charge in [-0.3, -0.25) is 0 Å². The highest BCUT2D eigenvalue weighted by Gasteiger charge is 2.17. The number of nitrogens with zero attached hydrogens (tertiary/aromatic N) is 1. The number of nitrogens with one attached hydrogen (secondary N) is 2. The maximum atomic E-state index is 15.0. The number of aliphatic imine (C=N–C) groups is 1. The van der Waals surface area contributed by atoms with E-state index in [9.17, 15) is 4.39 Å². The molecule has 1 aromatic rings. The molecule has 0 amide bonds. The van der Waals surface area contributed by atoms with Crippen molar-refractivity contribution in [2.75, 3.05) is 0 Å². The number of rotatable bonds is 11. The largest absolute Gasteiger partial charge is 0.368 e. The summed E-state index contributed by atoms with van der Waals surface area (Å²) in [6, 6.07) is 6.82. The minimum Gasteiger partial charge on any atom is -0.368 e. The fourth-order valence-electron chi connectivity index (χ4n) is 3.87. The van der Waals surface area contributed by atoms with E-state index in [1.807, 2.05) is 19.1 Å². The molecule has 172 valence electrons. The molecule has 0 aliphatic heterocycles. The molecule has 0 bridgehead atoms. The summed E-state index contributed by atoms with van der Waals surface area (Å²) in [5, 5.41) is 6.25. The van der Waals surface area contributed by atoms with Gasteiger partial charge < -0.3 is 10.6 Å². The molecule has 1 atom stereocenters. The van der Waals surface area contributed by atoms with Gasteiger partial charge in [-0.2, -0.15) is 0 Å². The standard InChI is InChI=1S/C27H35F2N3/c1-5-21(22-12-11-13-24(28)19-22)18-23(16-17-30-7-3)27(26(29)6-2)32-20(4)31-25-14-9-8-10-15-25/h6-7,11-13,16-19,21,25,30-31H,3-5,8-10,14-15H2,1-2H3/b17-16-,23-18+,26-6+,32-27?. The average molecular weight is 440 g/mol. The van der Waals surface area contributed by atoms with Gasteiger partial charge in [0.05, 0.1) is 0 Å². The first-order valence-corrected chi connectivity index (χ1v) is 11.4. The Kier molecular flexibility index (Phi) is 10.6. The summed E-state index contributed by atoms with van der Waals surface area (Å²) in [4.78, 5) is 4.54. The van der Waals surface area contributed by atoms with Crippen molar-refractivity contribution < 1.29 is 8.78 Å². The Morgan fingerprint density at radius 2 is 2.03 bits per heavy atom. The topological polar surface area (TPSA) is 36.4 Å². The molecular weight excluding hydrogens is 404 g/mol. The van der Waals surface area contributed by atoms with Crippen LogP contribution in [0.3, 0.4) is 0 Å². The number of halogens is 2. The van der Waals surface area contributed by atoms with Gasteiger partial charge in [-0.1, -0.05) is 57.6 Å². The zero-order valence-corrected chi connectivity index (χ0v) is 19.2. The monoisotopic (exact) mass is 439 g/mol. The lowest BCUT2D eigenvalue weighted by Gasteiger charge is -2.23. The zero-order chi connectivity index (χ0) is 23.3.